The van der Waals surface area contributed by atoms with Gasteiger partial charge in [0.05, 0.1) is 11.8 Å². The standard InChI is InChI=1S/C17H24N2O/c1-11-6-7-15(8-12(11)2)9-16(20)10-17-13(3)18-19(5)14(17)4/h6-8,16,20H,9-10H2,1-5H3. The Morgan fingerprint density at radius 2 is 1.80 bits per heavy atom. The van der Waals surface area contributed by atoms with E-state index in [4.69, 9.17) is 0 Å². The molecule has 0 aliphatic carbocycles. The molecule has 0 aliphatic rings. The van der Waals surface area contributed by atoms with Gasteiger partial charge in [0, 0.05) is 19.2 Å². The van der Waals surface area contributed by atoms with Gasteiger partial charge in [0.2, 0.25) is 0 Å². The summed E-state index contributed by atoms with van der Waals surface area (Å²) in [6.45, 7) is 8.28. The first-order valence-corrected chi connectivity index (χ1v) is 7.11. The van der Waals surface area contributed by atoms with Gasteiger partial charge >= 0.3 is 0 Å². The number of aliphatic hydroxyl groups excluding tert-OH is 1. The summed E-state index contributed by atoms with van der Waals surface area (Å²) in [6.07, 6.45) is 0.992. The number of hydrogen-bond acceptors (Lipinski definition) is 2. The van der Waals surface area contributed by atoms with Crippen molar-refractivity contribution < 1.29 is 5.11 Å². The molecule has 1 aromatic carbocycles. The van der Waals surface area contributed by atoms with Crippen molar-refractivity contribution in [3.63, 3.8) is 0 Å². The predicted molar refractivity (Wildman–Crippen MR) is 82.0 cm³/mol. The highest BCUT2D eigenvalue weighted by Gasteiger charge is 2.14. The summed E-state index contributed by atoms with van der Waals surface area (Å²) in [4.78, 5) is 0. The summed E-state index contributed by atoms with van der Waals surface area (Å²) < 4.78 is 1.88. The number of aryl methyl sites for hydroxylation is 4. The topological polar surface area (TPSA) is 38.1 Å². The number of benzene rings is 1. The summed E-state index contributed by atoms with van der Waals surface area (Å²) in [5, 5.41) is 14.7. The van der Waals surface area contributed by atoms with Crippen molar-refractivity contribution in [3.8, 4) is 0 Å². The average molecular weight is 272 g/mol. The number of aliphatic hydroxyl groups is 1. The van der Waals surface area contributed by atoms with Crippen molar-refractivity contribution in [1.29, 1.82) is 0 Å². The lowest BCUT2D eigenvalue weighted by molar-refractivity contribution is 0.175. The first-order chi connectivity index (χ1) is 9.38. The second-order valence-corrected chi connectivity index (χ2v) is 5.75. The van der Waals surface area contributed by atoms with E-state index in [1.54, 1.807) is 0 Å². The van der Waals surface area contributed by atoms with E-state index in [-0.39, 0.29) is 6.10 Å². The molecule has 1 N–H and O–H groups in total. The molecule has 0 spiro atoms. The number of rotatable bonds is 4. The molecule has 0 fully saturated rings. The quantitative estimate of drug-likeness (QED) is 0.929. The van der Waals surface area contributed by atoms with Gasteiger partial charge in [0.25, 0.3) is 0 Å². The van der Waals surface area contributed by atoms with Crippen LogP contribution in [0.2, 0.25) is 0 Å². The molecule has 3 heteroatoms. The van der Waals surface area contributed by atoms with E-state index >= 15 is 0 Å². The number of hydrogen-bond donors (Lipinski definition) is 1. The van der Waals surface area contributed by atoms with Gasteiger partial charge in [-0.25, -0.2) is 0 Å². The molecule has 20 heavy (non-hydrogen) atoms. The zero-order valence-corrected chi connectivity index (χ0v) is 13.1. The van der Waals surface area contributed by atoms with E-state index in [1.165, 1.54) is 22.3 Å². The largest absolute Gasteiger partial charge is 0.392 e. The van der Waals surface area contributed by atoms with Crippen LogP contribution in [0.25, 0.3) is 0 Å². The summed E-state index contributed by atoms with van der Waals surface area (Å²) >= 11 is 0. The van der Waals surface area contributed by atoms with Crippen LogP contribution < -0.4 is 0 Å². The minimum absolute atomic E-state index is 0.362. The van der Waals surface area contributed by atoms with Gasteiger partial charge in [-0.3, -0.25) is 4.68 Å². The van der Waals surface area contributed by atoms with Crippen LogP contribution in [0.3, 0.4) is 0 Å². The van der Waals surface area contributed by atoms with Crippen LogP contribution in [0.5, 0.6) is 0 Å². The highest BCUT2D eigenvalue weighted by Crippen LogP contribution is 2.17. The molecular formula is C17H24N2O. The van der Waals surface area contributed by atoms with Crippen LogP contribution in [0, 0.1) is 27.7 Å². The summed E-state index contributed by atoms with van der Waals surface area (Å²) in [7, 11) is 1.95. The summed E-state index contributed by atoms with van der Waals surface area (Å²) in [5.74, 6) is 0. The maximum absolute atomic E-state index is 10.3. The molecule has 0 aliphatic heterocycles. The number of nitrogens with zero attached hydrogens (tertiary/aromatic N) is 2. The lowest BCUT2D eigenvalue weighted by atomic mass is 9.98. The molecule has 3 nitrogen and oxygen atoms in total. The minimum Gasteiger partial charge on any atom is -0.392 e. The Hall–Kier alpha value is -1.61. The van der Waals surface area contributed by atoms with Crippen LogP contribution in [-0.2, 0) is 19.9 Å². The van der Waals surface area contributed by atoms with E-state index in [0.29, 0.717) is 12.8 Å². The summed E-state index contributed by atoms with van der Waals surface area (Å²) in [5.41, 5.74) is 7.10. The van der Waals surface area contributed by atoms with Crippen molar-refractivity contribution in [2.24, 2.45) is 7.05 Å². The molecule has 1 aromatic heterocycles. The van der Waals surface area contributed by atoms with Gasteiger partial charge in [-0.2, -0.15) is 5.10 Å². The Balaban J connectivity index is 2.08. The molecule has 0 amide bonds. The highest BCUT2D eigenvalue weighted by molar-refractivity contribution is 5.31. The number of aromatic nitrogens is 2. The van der Waals surface area contributed by atoms with Crippen molar-refractivity contribution >= 4 is 0 Å². The van der Waals surface area contributed by atoms with Crippen LogP contribution in [0.1, 0.15) is 33.6 Å². The Morgan fingerprint density at radius 1 is 1.10 bits per heavy atom. The van der Waals surface area contributed by atoms with Gasteiger partial charge in [-0.05, 0) is 56.4 Å². The third-order valence-electron chi connectivity index (χ3n) is 4.14. The normalized spacial score (nSPS) is 12.7. The van der Waals surface area contributed by atoms with Gasteiger partial charge < -0.3 is 5.11 Å². The molecule has 108 valence electrons. The van der Waals surface area contributed by atoms with E-state index < -0.39 is 0 Å². The second kappa shape index (κ2) is 5.80. The minimum atomic E-state index is -0.362. The Morgan fingerprint density at radius 3 is 2.35 bits per heavy atom. The Labute approximate surface area is 121 Å². The maximum Gasteiger partial charge on any atom is 0.0629 e. The summed E-state index contributed by atoms with van der Waals surface area (Å²) in [6, 6.07) is 6.40. The molecular weight excluding hydrogens is 248 g/mol. The van der Waals surface area contributed by atoms with Crippen LogP contribution in [0.4, 0.5) is 0 Å². The van der Waals surface area contributed by atoms with E-state index in [0.717, 1.165) is 11.4 Å². The Bertz CT molecular complexity index is 614. The zero-order chi connectivity index (χ0) is 14.9. The van der Waals surface area contributed by atoms with Gasteiger partial charge in [0.1, 0.15) is 0 Å². The third kappa shape index (κ3) is 3.10. The first-order valence-electron chi connectivity index (χ1n) is 7.11. The van der Waals surface area contributed by atoms with E-state index in [2.05, 4.69) is 44.1 Å². The van der Waals surface area contributed by atoms with Crippen LogP contribution in [0.15, 0.2) is 18.2 Å². The zero-order valence-electron chi connectivity index (χ0n) is 13.1. The van der Waals surface area contributed by atoms with Crippen LogP contribution >= 0.6 is 0 Å². The monoisotopic (exact) mass is 272 g/mol. The van der Waals surface area contributed by atoms with Crippen molar-refractivity contribution in [1.82, 2.24) is 9.78 Å². The van der Waals surface area contributed by atoms with Crippen molar-refractivity contribution in [2.45, 2.75) is 46.6 Å². The lowest BCUT2D eigenvalue weighted by Crippen LogP contribution is -2.15. The fourth-order valence-electron chi connectivity index (χ4n) is 2.62. The predicted octanol–water partition coefficient (Wildman–Crippen LogP) is 2.80. The SMILES string of the molecule is Cc1ccc(CC(O)Cc2c(C)nn(C)c2C)cc1C. The Kier molecular flexibility index (Phi) is 4.29. The van der Waals surface area contributed by atoms with Crippen LogP contribution in [-0.4, -0.2) is 21.0 Å². The van der Waals surface area contributed by atoms with Crippen molar-refractivity contribution in [3.05, 3.63) is 51.8 Å². The molecule has 0 bridgehead atoms. The molecule has 1 atom stereocenters. The maximum atomic E-state index is 10.3. The fourth-order valence-corrected chi connectivity index (χ4v) is 2.62. The highest BCUT2D eigenvalue weighted by atomic mass is 16.3. The smallest absolute Gasteiger partial charge is 0.0629 e. The van der Waals surface area contributed by atoms with Crippen molar-refractivity contribution in [2.75, 3.05) is 0 Å². The molecule has 0 saturated heterocycles. The molecule has 2 aromatic rings. The molecule has 0 saturated carbocycles. The lowest BCUT2D eigenvalue weighted by Gasteiger charge is -2.12. The molecule has 0 radical (unpaired) electrons. The van der Waals surface area contributed by atoms with Gasteiger partial charge in [0.15, 0.2) is 0 Å². The van der Waals surface area contributed by atoms with Gasteiger partial charge in [-0.1, -0.05) is 18.2 Å². The van der Waals surface area contributed by atoms with E-state index in [9.17, 15) is 5.11 Å². The molecule has 1 heterocycles. The fraction of sp³-hybridized carbons (Fsp3) is 0.471. The van der Waals surface area contributed by atoms with E-state index in [1.807, 2.05) is 18.7 Å². The average Bonchev–Trinajstić information content (AvgIpc) is 2.61. The van der Waals surface area contributed by atoms with Gasteiger partial charge in [-0.15, -0.1) is 0 Å². The first kappa shape index (κ1) is 14.8. The second-order valence-electron chi connectivity index (χ2n) is 5.75. The molecule has 2 rings (SSSR count). The molecule has 1 unspecified atom stereocenters. The third-order valence-corrected chi connectivity index (χ3v) is 4.14.